The maximum absolute atomic E-state index is 12.3. The summed E-state index contributed by atoms with van der Waals surface area (Å²) < 4.78 is 45.9. The number of nitrogens with zero attached hydrogens (tertiary/aromatic N) is 1. The molecule has 1 aliphatic heterocycles. The van der Waals surface area contributed by atoms with Gasteiger partial charge in [-0.15, -0.1) is 13.2 Å². The Morgan fingerprint density at radius 2 is 2.04 bits per heavy atom. The number of carbonyl (C=O) groups excluding carboxylic acids is 2. The molecule has 142 valence electrons. The summed E-state index contributed by atoms with van der Waals surface area (Å²) in [5.74, 6) is -1.14. The number of amides is 2. The van der Waals surface area contributed by atoms with Crippen molar-refractivity contribution in [3.8, 4) is 11.5 Å². The predicted molar refractivity (Wildman–Crippen MR) is 91.1 cm³/mol. The summed E-state index contributed by atoms with van der Waals surface area (Å²) in [6.45, 7) is -0.600. The fourth-order valence-electron chi connectivity index (χ4n) is 2.46. The number of hydrogen-bond donors (Lipinski definition) is 1. The van der Waals surface area contributed by atoms with Crippen LogP contribution < -0.4 is 19.7 Å². The van der Waals surface area contributed by atoms with Crippen LogP contribution in [0.3, 0.4) is 0 Å². The number of rotatable bonds is 4. The number of anilines is 2. The summed E-state index contributed by atoms with van der Waals surface area (Å²) in [7, 11) is 0. The molecule has 2 aromatic carbocycles. The van der Waals surface area contributed by atoms with E-state index in [1.165, 1.54) is 23.1 Å². The first-order valence-corrected chi connectivity index (χ1v) is 7.97. The largest absolute Gasteiger partial charge is 0.573 e. The van der Waals surface area contributed by atoms with Crippen molar-refractivity contribution in [1.82, 2.24) is 0 Å². The summed E-state index contributed by atoms with van der Waals surface area (Å²) in [5.41, 5.74) is 0.428. The van der Waals surface area contributed by atoms with E-state index in [4.69, 9.17) is 16.3 Å². The van der Waals surface area contributed by atoms with Crippen LogP contribution in [0.5, 0.6) is 11.5 Å². The van der Waals surface area contributed by atoms with Crippen molar-refractivity contribution >= 4 is 34.8 Å². The Morgan fingerprint density at radius 3 is 2.78 bits per heavy atom. The van der Waals surface area contributed by atoms with Gasteiger partial charge in [0, 0.05) is 16.8 Å². The van der Waals surface area contributed by atoms with Gasteiger partial charge in [0.05, 0.1) is 5.69 Å². The van der Waals surface area contributed by atoms with Crippen LogP contribution in [0.15, 0.2) is 42.5 Å². The molecule has 1 aliphatic rings. The Morgan fingerprint density at radius 1 is 1.26 bits per heavy atom. The molecule has 0 spiro atoms. The van der Waals surface area contributed by atoms with Gasteiger partial charge < -0.3 is 14.8 Å². The second-order valence-corrected chi connectivity index (χ2v) is 5.94. The average molecular weight is 401 g/mol. The minimum Gasteiger partial charge on any atom is -0.482 e. The normalized spacial score (nSPS) is 13.6. The number of nitrogens with one attached hydrogen (secondary N) is 1. The molecule has 0 aliphatic carbocycles. The standard InChI is InChI=1S/C17H12ClF3N2O4/c18-10-4-5-14-13(6-10)23(16(25)9-26-14)8-15(24)22-11-2-1-3-12(7-11)27-17(19,20)21/h1-7H,8-9H2,(H,22,24). The molecule has 0 radical (unpaired) electrons. The van der Waals surface area contributed by atoms with Crippen LogP contribution in [0.1, 0.15) is 0 Å². The van der Waals surface area contributed by atoms with E-state index in [0.717, 1.165) is 12.1 Å². The quantitative estimate of drug-likeness (QED) is 0.851. The second-order valence-electron chi connectivity index (χ2n) is 5.50. The highest BCUT2D eigenvalue weighted by Gasteiger charge is 2.31. The molecule has 2 aromatic rings. The van der Waals surface area contributed by atoms with Crippen LogP contribution in [0.2, 0.25) is 5.02 Å². The van der Waals surface area contributed by atoms with Gasteiger partial charge in [-0.25, -0.2) is 0 Å². The van der Waals surface area contributed by atoms with E-state index in [9.17, 15) is 22.8 Å². The van der Waals surface area contributed by atoms with Gasteiger partial charge in [0.1, 0.15) is 18.0 Å². The van der Waals surface area contributed by atoms with Crippen molar-refractivity contribution in [3.05, 3.63) is 47.5 Å². The molecule has 27 heavy (non-hydrogen) atoms. The maximum atomic E-state index is 12.3. The van der Waals surface area contributed by atoms with Crippen molar-refractivity contribution < 1.29 is 32.2 Å². The summed E-state index contributed by atoms with van der Waals surface area (Å²) >= 11 is 5.93. The van der Waals surface area contributed by atoms with Gasteiger partial charge in [-0.1, -0.05) is 17.7 Å². The van der Waals surface area contributed by atoms with E-state index in [2.05, 4.69) is 10.1 Å². The SMILES string of the molecule is O=C(CN1C(=O)COc2ccc(Cl)cc21)Nc1cccc(OC(F)(F)F)c1. The molecule has 0 fully saturated rings. The van der Waals surface area contributed by atoms with E-state index in [1.807, 2.05) is 0 Å². The molecular formula is C17H12ClF3N2O4. The lowest BCUT2D eigenvalue weighted by Gasteiger charge is -2.29. The zero-order valence-electron chi connectivity index (χ0n) is 13.5. The second kappa shape index (κ2) is 7.36. The number of ether oxygens (including phenoxy) is 2. The Bertz CT molecular complexity index is 889. The Balaban J connectivity index is 1.72. The first-order valence-electron chi connectivity index (χ1n) is 7.60. The van der Waals surface area contributed by atoms with Gasteiger partial charge in [-0.05, 0) is 30.3 Å². The molecule has 0 saturated carbocycles. The van der Waals surface area contributed by atoms with Crippen LogP contribution >= 0.6 is 11.6 Å². The number of halogens is 4. The fourth-order valence-corrected chi connectivity index (χ4v) is 2.63. The summed E-state index contributed by atoms with van der Waals surface area (Å²) in [4.78, 5) is 25.6. The highest BCUT2D eigenvalue weighted by molar-refractivity contribution is 6.31. The molecule has 0 saturated heterocycles. The zero-order valence-corrected chi connectivity index (χ0v) is 14.3. The van der Waals surface area contributed by atoms with Crippen LogP contribution in [0.25, 0.3) is 0 Å². The van der Waals surface area contributed by atoms with Gasteiger partial charge in [0.15, 0.2) is 6.61 Å². The fraction of sp³-hybridized carbons (Fsp3) is 0.176. The lowest BCUT2D eigenvalue weighted by molar-refractivity contribution is -0.274. The number of alkyl halides is 3. The van der Waals surface area contributed by atoms with Gasteiger partial charge in [0.25, 0.3) is 5.91 Å². The van der Waals surface area contributed by atoms with Crippen LogP contribution in [-0.4, -0.2) is 31.3 Å². The minimum absolute atomic E-state index is 0.0915. The Hall–Kier alpha value is -2.94. The van der Waals surface area contributed by atoms with Crippen molar-refractivity contribution in [2.75, 3.05) is 23.4 Å². The Labute approximate surface area is 156 Å². The highest BCUT2D eigenvalue weighted by atomic mass is 35.5. The summed E-state index contributed by atoms with van der Waals surface area (Å²) in [6.07, 6.45) is -4.84. The molecule has 1 N–H and O–H groups in total. The first-order chi connectivity index (χ1) is 12.7. The molecule has 2 amide bonds. The van der Waals surface area contributed by atoms with E-state index in [-0.39, 0.29) is 18.8 Å². The smallest absolute Gasteiger partial charge is 0.482 e. The summed E-state index contributed by atoms with van der Waals surface area (Å²) in [5, 5.41) is 2.78. The molecule has 0 aromatic heterocycles. The van der Waals surface area contributed by atoms with Crippen LogP contribution in [0.4, 0.5) is 24.5 Å². The lowest BCUT2D eigenvalue weighted by Crippen LogP contribution is -2.43. The van der Waals surface area contributed by atoms with E-state index in [0.29, 0.717) is 16.5 Å². The number of benzene rings is 2. The third-order valence-electron chi connectivity index (χ3n) is 3.52. The van der Waals surface area contributed by atoms with Crippen LogP contribution in [0, 0.1) is 0 Å². The average Bonchev–Trinajstić information content (AvgIpc) is 2.56. The first kappa shape index (κ1) is 18.8. The minimum atomic E-state index is -4.84. The number of hydrogen-bond acceptors (Lipinski definition) is 4. The lowest BCUT2D eigenvalue weighted by atomic mass is 10.2. The van der Waals surface area contributed by atoms with Gasteiger partial charge in [0.2, 0.25) is 5.91 Å². The molecule has 0 bridgehead atoms. The molecule has 1 heterocycles. The van der Waals surface area contributed by atoms with E-state index in [1.54, 1.807) is 12.1 Å². The van der Waals surface area contributed by atoms with Crippen molar-refractivity contribution in [1.29, 1.82) is 0 Å². The molecule has 0 atom stereocenters. The Kier molecular flexibility index (Phi) is 5.13. The highest BCUT2D eigenvalue weighted by Crippen LogP contribution is 2.34. The third-order valence-corrected chi connectivity index (χ3v) is 3.75. The molecule has 3 rings (SSSR count). The van der Waals surface area contributed by atoms with Gasteiger partial charge in [-0.3, -0.25) is 14.5 Å². The number of fused-ring (bicyclic) bond motifs is 1. The summed E-state index contributed by atoms with van der Waals surface area (Å²) in [6, 6.07) is 9.47. The number of carbonyl (C=O) groups is 2. The molecule has 0 unspecified atom stereocenters. The molecule has 6 nitrogen and oxygen atoms in total. The maximum Gasteiger partial charge on any atom is 0.573 e. The topological polar surface area (TPSA) is 67.9 Å². The third kappa shape index (κ3) is 4.82. The monoisotopic (exact) mass is 400 g/mol. The predicted octanol–water partition coefficient (Wildman–Crippen LogP) is 3.60. The zero-order chi connectivity index (χ0) is 19.6. The van der Waals surface area contributed by atoms with E-state index >= 15 is 0 Å². The van der Waals surface area contributed by atoms with Crippen molar-refractivity contribution in [2.45, 2.75) is 6.36 Å². The van der Waals surface area contributed by atoms with E-state index < -0.39 is 23.9 Å². The van der Waals surface area contributed by atoms with Gasteiger partial charge >= 0.3 is 6.36 Å². The van der Waals surface area contributed by atoms with Crippen LogP contribution in [-0.2, 0) is 9.59 Å². The van der Waals surface area contributed by atoms with Crippen molar-refractivity contribution in [3.63, 3.8) is 0 Å². The molecule has 10 heteroatoms. The van der Waals surface area contributed by atoms with Gasteiger partial charge in [-0.2, -0.15) is 0 Å². The van der Waals surface area contributed by atoms with Crippen molar-refractivity contribution in [2.24, 2.45) is 0 Å². The molecular weight excluding hydrogens is 389 g/mol.